The predicted molar refractivity (Wildman–Crippen MR) is 114 cm³/mol. The number of hydrogen-bond donors (Lipinski definition) is 4. The fraction of sp³-hybridized carbons (Fsp3) is 1.00. The maximum Gasteiger partial charge on any atom is 0.0576 e. The van der Waals surface area contributed by atoms with Crippen LogP contribution in [0.5, 0.6) is 0 Å². The van der Waals surface area contributed by atoms with Crippen molar-refractivity contribution in [3.05, 3.63) is 0 Å². The van der Waals surface area contributed by atoms with E-state index >= 15 is 0 Å². The van der Waals surface area contributed by atoms with E-state index in [2.05, 4.69) is 45.4 Å². The molecule has 28 heavy (non-hydrogen) atoms. The summed E-state index contributed by atoms with van der Waals surface area (Å²) in [5.41, 5.74) is 3.87. The molecule has 5 aliphatic rings. The van der Waals surface area contributed by atoms with Gasteiger partial charge in [-0.25, -0.2) is 5.01 Å². The van der Waals surface area contributed by atoms with Gasteiger partial charge >= 0.3 is 0 Å². The smallest absolute Gasteiger partial charge is 0.0576 e. The average Bonchev–Trinajstić information content (AvgIpc) is 3.25. The van der Waals surface area contributed by atoms with Gasteiger partial charge in [-0.15, -0.1) is 0 Å². The second kappa shape index (κ2) is 8.48. The highest BCUT2D eigenvalue weighted by Crippen LogP contribution is 2.42. The lowest BCUT2D eigenvalue weighted by Gasteiger charge is -2.44. The fourth-order valence-corrected chi connectivity index (χ4v) is 7.28. The minimum absolute atomic E-state index is 0.512. The van der Waals surface area contributed by atoms with Gasteiger partial charge in [-0.1, -0.05) is 6.42 Å². The van der Waals surface area contributed by atoms with Crippen molar-refractivity contribution in [2.24, 2.45) is 11.8 Å². The normalized spacial score (nSPS) is 48.6. The molecule has 4 heterocycles. The van der Waals surface area contributed by atoms with E-state index < -0.39 is 0 Å². The zero-order valence-corrected chi connectivity index (χ0v) is 18.0. The van der Waals surface area contributed by atoms with Gasteiger partial charge in [0, 0.05) is 50.3 Å². The minimum atomic E-state index is 0.512. The molecule has 0 spiro atoms. The SMILES string of the molecule is CN1CCCC2C3C(CCCC3C3CCCC(N3)N[C@@H]3CN[C@@H](C3)C1)NN2C. The van der Waals surface area contributed by atoms with Crippen LogP contribution in [0.15, 0.2) is 0 Å². The summed E-state index contributed by atoms with van der Waals surface area (Å²) in [6, 6.07) is 3.39. The molecule has 0 aromatic carbocycles. The number of hydrogen-bond acceptors (Lipinski definition) is 6. The van der Waals surface area contributed by atoms with Crippen LogP contribution in [0.4, 0.5) is 0 Å². The van der Waals surface area contributed by atoms with Crippen LogP contribution in [0.3, 0.4) is 0 Å². The highest BCUT2D eigenvalue weighted by molar-refractivity contribution is 5.02. The van der Waals surface area contributed by atoms with Crippen molar-refractivity contribution in [2.75, 3.05) is 33.7 Å². The van der Waals surface area contributed by atoms with Gasteiger partial charge in [-0.05, 0) is 76.8 Å². The Morgan fingerprint density at radius 2 is 1.68 bits per heavy atom. The quantitative estimate of drug-likeness (QED) is 0.497. The second-order valence-corrected chi connectivity index (χ2v) is 10.5. The highest BCUT2D eigenvalue weighted by atomic mass is 15.5. The van der Waals surface area contributed by atoms with E-state index in [9.17, 15) is 0 Å². The Hall–Kier alpha value is -0.240. The predicted octanol–water partition coefficient (Wildman–Crippen LogP) is 1.10. The van der Waals surface area contributed by atoms with Crippen LogP contribution in [-0.4, -0.2) is 80.0 Å². The van der Waals surface area contributed by atoms with Gasteiger partial charge in [0.25, 0.3) is 0 Å². The van der Waals surface area contributed by atoms with Crippen LogP contribution >= 0.6 is 0 Å². The summed E-state index contributed by atoms with van der Waals surface area (Å²) in [7, 11) is 4.62. The van der Waals surface area contributed by atoms with Crippen molar-refractivity contribution in [2.45, 2.75) is 94.2 Å². The largest absolute Gasteiger partial charge is 0.311 e. The Kier molecular flexibility index (Phi) is 5.97. The lowest BCUT2D eigenvalue weighted by atomic mass is 9.68. The molecule has 1 saturated carbocycles. The van der Waals surface area contributed by atoms with Crippen LogP contribution < -0.4 is 21.4 Å². The van der Waals surface area contributed by atoms with E-state index in [-0.39, 0.29) is 0 Å². The van der Waals surface area contributed by atoms with E-state index in [1.54, 1.807) is 0 Å². The number of hydrazine groups is 1. The molecule has 6 nitrogen and oxygen atoms in total. The molecule has 160 valence electrons. The van der Waals surface area contributed by atoms with E-state index in [1.807, 2.05) is 0 Å². The molecule has 6 unspecified atom stereocenters. The third-order valence-corrected chi connectivity index (χ3v) is 8.49. The van der Waals surface area contributed by atoms with Crippen molar-refractivity contribution in [1.29, 1.82) is 0 Å². The van der Waals surface area contributed by atoms with E-state index in [1.165, 1.54) is 70.9 Å². The van der Waals surface area contributed by atoms with Gasteiger partial charge in [0.2, 0.25) is 0 Å². The molecule has 0 radical (unpaired) electrons. The third-order valence-electron chi connectivity index (χ3n) is 8.49. The van der Waals surface area contributed by atoms with Crippen molar-refractivity contribution in [3.8, 4) is 0 Å². The van der Waals surface area contributed by atoms with Crippen LogP contribution in [-0.2, 0) is 0 Å². The zero-order chi connectivity index (χ0) is 19.1. The van der Waals surface area contributed by atoms with E-state index in [0.717, 1.165) is 18.4 Å². The Labute approximate surface area is 171 Å². The molecular weight excluding hydrogens is 348 g/mol. The van der Waals surface area contributed by atoms with E-state index in [4.69, 9.17) is 0 Å². The zero-order valence-electron chi connectivity index (χ0n) is 18.0. The number of piperidine rings is 1. The molecule has 6 heteroatoms. The number of fused-ring (bicyclic) bond motifs is 5. The summed E-state index contributed by atoms with van der Waals surface area (Å²) < 4.78 is 0. The van der Waals surface area contributed by atoms with Crippen molar-refractivity contribution in [1.82, 2.24) is 31.3 Å². The highest BCUT2D eigenvalue weighted by Gasteiger charge is 2.48. The molecular formula is C22H42N6. The molecule has 4 saturated heterocycles. The molecule has 5 fully saturated rings. The fourth-order valence-electron chi connectivity index (χ4n) is 7.28. The Balaban J connectivity index is 1.37. The molecule has 4 aliphatic heterocycles. The molecule has 0 amide bonds. The second-order valence-electron chi connectivity index (χ2n) is 10.5. The third kappa shape index (κ3) is 4.01. The van der Waals surface area contributed by atoms with E-state index in [0.29, 0.717) is 36.4 Å². The summed E-state index contributed by atoms with van der Waals surface area (Å²) >= 11 is 0. The van der Waals surface area contributed by atoms with Gasteiger partial charge < -0.3 is 10.2 Å². The molecule has 8 atom stereocenters. The molecule has 0 aromatic rings. The van der Waals surface area contributed by atoms with Gasteiger partial charge in [-0.2, -0.15) is 0 Å². The summed E-state index contributed by atoms with van der Waals surface area (Å²) in [6.07, 6.45) is 12.7. The molecule has 4 bridgehead atoms. The lowest BCUT2D eigenvalue weighted by Crippen LogP contribution is -2.58. The van der Waals surface area contributed by atoms with Crippen molar-refractivity contribution in [3.63, 3.8) is 0 Å². The number of nitrogens with one attached hydrogen (secondary N) is 4. The average molecular weight is 391 g/mol. The molecule has 1 aliphatic carbocycles. The topological polar surface area (TPSA) is 54.6 Å². The monoisotopic (exact) mass is 390 g/mol. The van der Waals surface area contributed by atoms with Crippen molar-refractivity contribution >= 4 is 0 Å². The van der Waals surface area contributed by atoms with Crippen LogP contribution in [0, 0.1) is 11.8 Å². The molecule has 4 N–H and O–H groups in total. The van der Waals surface area contributed by atoms with Gasteiger partial charge in [0.1, 0.15) is 0 Å². The Bertz CT molecular complexity index is 529. The first-order chi connectivity index (χ1) is 13.7. The molecule has 0 aromatic heterocycles. The maximum absolute atomic E-state index is 4.10. The lowest BCUT2D eigenvalue weighted by molar-refractivity contribution is 0.104. The minimum Gasteiger partial charge on any atom is -0.311 e. The first-order valence-electron chi connectivity index (χ1n) is 12.1. The van der Waals surface area contributed by atoms with Gasteiger partial charge in [0.05, 0.1) is 6.17 Å². The van der Waals surface area contributed by atoms with Crippen LogP contribution in [0.25, 0.3) is 0 Å². The van der Waals surface area contributed by atoms with Gasteiger partial charge in [0.15, 0.2) is 0 Å². The standard InChI is InChI=1S/C22H42N6/c1-27-11-5-9-20-22-17(6-3-8-19(22)26-28(20)2)18-7-4-10-21(25-18)24-15-12-16(14-27)23-13-15/h15-26H,3-14H2,1-2H3/t15-,16-,17?,18?,19?,20?,21?,22?/m0/s1. The molecule has 5 rings (SSSR count). The van der Waals surface area contributed by atoms with Gasteiger partial charge in [-0.3, -0.25) is 16.1 Å². The summed E-state index contributed by atoms with van der Waals surface area (Å²) in [5, 5.41) is 14.4. The number of likely N-dealkylation sites (N-methyl/N-ethyl adjacent to an activating group) is 1. The Morgan fingerprint density at radius 1 is 0.821 bits per heavy atom. The maximum atomic E-state index is 4.10. The summed E-state index contributed by atoms with van der Waals surface area (Å²) in [6.45, 7) is 3.55. The van der Waals surface area contributed by atoms with Crippen molar-refractivity contribution < 1.29 is 0 Å². The number of nitrogens with zero attached hydrogens (tertiary/aromatic N) is 2. The summed E-state index contributed by atoms with van der Waals surface area (Å²) in [5.74, 6) is 1.66. The number of rotatable bonds is 0. The first kappa shape index (κ1) is 19.7. The van der Waals surface area contributed by atoms with Crippen LogP contribution in [0.1, 0.15) is 57.8 Å². The first-order valence-corrected chi connectivity index (χ1v) is 12.1. The van der Waals surface area contributed by atoms with Crippen LogP contribution in [0.2, 0.25) is 0 Å². The summed E-state index contributed by atoms with van der Waals surface area (Å²) in [4.78, 5) is 2.56. The Morgan fingerprint density at radius 3 is 2.61 bits per heavy atom.